The van der Waals surface area contributed by atoms with E-state index in [9.17, 15) is 0 Å². The van der Waals surface area contributed by atoms with Crippen LogP contribution in [0.5, 0.6) is 0 Å². The largest absolute Gasteiger partial charge is 0.466 e. The molecule has 0 spiro atoms. The number of aliphatic hydroxyl groups excluding tert-OH is 1. The molecule has 15 heavy (non-hydrogen) atoms. The molecule has 0 radical (unpaired) electrons. The minimum atomic E-state index is -4.64. The Labute approximate surface area is 90.9 Å². The molecule has 0 aromatic rings. The lowest BCUT2D eigenvalue weighted by atomic mass is 10.5. The van der Waals surface area contributed by atoms with Gasteiger partial charge in [-0.05, 0) is 27.7 Å². The molecule has 0 atom stereocenters. The summed E-state index contributed by atoms with van der Waals surface area (Å²) in [7, 11) is -4.64. The second kappa shape index (κ2) is 16.4. The molecule has 0 heterocycles. The van der Waals surface area contributed by atoms with E-state index in [1.165, 1.54) is 0 Å². The van der Waals surface area contributed by atoms with Crippen LogP contribution in [0.3, 0.4) is 0 Å². The minimum absolute atomic E-state index is 0. The Morgan fingerprint density at radius 3 is 1.27 bits per heavy atom. The summed E-state index contributed by atoms with van der Waals surface area (Å²) in [6, 6.07) is 0. The number of hydrogen-bond acceptors (Lipinski definition) is 4. The van der Waals surface area contributed by atoms with Crippen molar-refractivity contribution >= 4 is 7.82 Å². The molecule has 8 heteroatoms. The molecule has 0 amide bonds. The zero-order valence-electron chi connectivity index (χ0n) is 9.75. The average molecular weight is 249 g/mol. The summed E-state index contributed by atoms with van der Waals surface area (Å²) in [6.45, 7) is 9.11. The molecular weight excluding hydrogens is 225 g/mol. The Kier molecular flexibility index (Phi) is 26.6. The smallest absolute Gasteiger partial charge is 0.394 e. The van der Waals surface area contributed by atoms with E-state index in [4.69, 9.17) is 29.1 Å². The van der Waals surface area contributed by atoms with Gasteiger partial charge in [-0.1, -0.05) is 0 Å². The van der Waals surface area contributed by atoms with Crippen molar-refractivity contribution < 1.29 is 29.1 Å². The Bertz CT molecular complexity index is 124. The highest BCUT2D eigenvalue weighted by atomic mass is 31.2. The van der Waals surface area contributed by atoms with Gasteiger partial charge in [0.15, 0.2) is 0 Å². The summed E-state index contributed by atoms with van der Waals surface area (Å²) in [5.74, 6) is 0. The van der Waals surface area contributed by atoms with Crippen LogP contribution in [0.25, 0.3) is 0 Å². The highest BCUT2D eigenvalue weighted by Gasteiger charge is 2.00. The normalized spacial score (nSPS) is 9.13. The maximum atomic E-state index is 8.88. The van der Waals surface area contributed by atoms with E-state index in [-0.39, 0.29) is 12.3 Å². The van der Waals surface area contributed by atoms with Crippen molar-refractivity contribution in [2.45, 2.75) is 33.8 Å². The molecule has 0 saturated carbocycles. The topological polar surface area (TPSA) is 142 Å². The van der Waals surface area contributed by atoms with Gasteiger partial charge in [-0.3, -0.25) is 0 Å². The molecule has 0 saturated heterocycles. The van der Waals surface area contributed by atoms with Gasteiger partial charge in [-0.15, -0.1) is 0 Å². The highest BCUT2D eigenvalue weighted by Crippen LogP contribution is 2.25. The fourth-order valence-corrected chi connectivity index (χ4v) is 0.204. The number of phosphoric acid groups is 1. The van der Waals surface area contributed by atoms with Crippen molar-refractivity contribution in [2.24, 2.45) is 0 Å². The van der Waals surface area contributed by atoms with Crippen molar-refractivity contribution in [2.75, 3.05) is 13.2 Å². The zero-order valence-corrected chi connectivity index (χ0v) is 10.6. The van der Waals surface area contributed by atoms with Gasteiger partial charge < -0.3 is 30.7 Å². The summed E-state index contributed by atoms with van der Waals surface area (Å²) >= 11 is 0. The fourth-order valence-electron chi connectivity index (χ4n) is 0.204. The maximum absolute atomic E-state index is 8.88. The molecule has 0 fully saturated rings. The quantitative estimate of drug-likeness (QED) is 0.452. The van der Waals surface area contributed by atoms with Crippen LogP contribution in [0.1, 0.15) is 27.7 Å². The number of hydrogen-bond donors (Lipinski definition) is 5. The van der Waals surface area contributed by atoms with Crippen LogP contribution in [0.2, 0.25) is 0 Å². The lowest BCUT2D eigenvalue weighted by Gasteiger charge is -1.86. The van der Waals surface area contributed by atoms with Crippen LogP contribution in [0.15, 0.2) is 0 Å². The lowest BCUT2D eigenvalue weighted by Crippen LogP contribution is -1.85. The van der Waals surface area contributed by atoms with E-state index in [0.717, 1.165) is 13.2 Å². The number of rotatable bonds is 2. The highest BCUT2D eigenvalue weighted by molar-refractivity contribution is 7.45. The summed E-state index contributed by atoms with van der Waals surface area (Å²) in [5.41, 5.74) is 0. The number of ether oxygens (including phenoxy) is 1. The van der Waals surface area contributed by atoms with E-state index in [2.05, 4.69) is 0 Å². The maximum Gasteiger partial charge on any atom is 0.466 e. The predicted molar refractivity (Wildman–Crippen MR) is 58.8 cm³/mol. The van der Waals surface area contributed by atoms with Gasteiger partial charge in [0.05, 0.1) is 0 Å². The van der Waals surface area contributed by atoms with Gasteiger partial charge in [-0.25, -0.2) is 4.57 Å². The fraction of sp³-hybridized carbons (Fsp3) is 1.00. The van der Waals surface area contributed by atoms with Gasteiger partial charge in [0.1, 0.15) is 0 Å². The van der Waals surface area contributed by atoms with Crippen molar-refractivity contribution in [3.05, 3.63) is 0 Å². The van der Waals surface area contributed by atoms with Gasteiger partial charge in [0.25, 0.3) is 0 Å². The molecule has 7 nitrogen and oxygen atoms in total. The monoisotopic (exact) mass is 249 g/mol. The summed E-state index contributed by atoms with van der Waals surface area (Å²) < 4.78 is 13.7. The first-order chi connectivity index (χ1) is 6.15. The van der Waals surface area contributed by atoms with Gasteiger partial charge in [0, 0.05) is 19.3 Å². The standard InChI is InChI=1S/C4H10O.C3H8O.H3N.H3O4P/c1-3-5-4-2;1-3(2)4;;1-5(2,3)4/h3-4H2,1-2H3;3-4H,1-2H3;1H3;(H3,1,2,3,4). The van der Waals surface area contributed by atoms with Crippen LogP contribution >= 0.6 is 7.82 Å². The Morgan fingerprint density at radius 2 is 1.27 bits per heavy atom. The van der Waals surface area contributed by atoms with E-state index in [1.54, 1.807) is 13.8 Å². The molecular formula is C7H24NO6P. The Balaban J connectivity index is -0.0000000590. The molecule has 0 aromatic heterocycles. The van der Waals surface area contributed by atoms with Gasteiger partial charge in [0.2, 0.25) is 0 Å². The third-order valence-corrected chi connectivity index (χ3v) is 0.408. The molecule has 0 rings (SSSR count). The molecule has 0 aliphatic heterocycles. The van der Waals surface area contributed by atoms with E-state index in [1.807, 2.05) is 13.8 Å². The Morgan fingerprint density at radius 1 is 1.13 bits per heavy atom. The zero-order chi connectivity index (χ0) is 12.2. The van der Waals surface area contributed by atoms with Crippen LogP contribution in [0, 0.1) is 0 Å². The van der Waals surface area contributed by atoms with Gasteiger partial charge >= 0.3 is 7.82 Å². The third-order valence-electron chi connectivity index (χ3n) is 0.408. The minimum Gasteiger partial charge on any atom is -0.394 e. The molecule has 98 valence electrons. The van der Waals surface area contributed by atoms with Crippen molar-refractivity contribution in [1.29, 1.82) is 0 Å². The molecule has 0 bridgehead atoms. The first-order valence-electron chi connectivity index (χ1n) is 4.19. The summed E-state index contributed by atoms with van der Waals surface area (Å²) in [6.07, 6.45) is -0.167. The first kappa shape index (κ1) is 24.3. The van der Waals surface area contributed by atoms with E-state index < -0.39 is 7.82 Å². The van der Waals surface area contributed by atoms with E-state index >= 15 is 0 Å². The number of aliphatic hydroxyl groups is 1. The second-order valence-electron chi connectivity index (χ2n) is 2.39. The van der Waals surface area contributed by atoms with Crippen LogP contribution in [-0.4, -0.2) is 39.1 Å². The molecule has 0 aromatic carbocycles. The SMILES string of the molecule is CC(C)O.CCOCC.N.O=P(O)(O)O. The molecule has 0 aliphatic carbocycles. The van der Waals surface area contributed by atoms with Crippen LogP contribution in [-0.2, 0) is 9.30 Å². The van der Waals surface area contributed by atoms with Gasteiger partial charge in [-0.2, -0.15) is 0 Å². The summed E-state index contributed by atoms with van der Waals surface area (Å²) in [5, 5.41) is 8.06. The predicted octanol–water partition coefficient (Wildman–Crippen LogP) is 0.663. The van der Waals surface area contributed by atoms with Crippen LogP contribution < -0.4 is 6.15 Å². The summed E-state index contributed by atoms with van der Waals surface area (Å²) in [4.78, 5) is 21.6. The third kappa shape index (κ3) is 508. The second-order valence-corrected chi connectivity index (χ2v) is 3.42. The van der Waals surface area contributed by atoms with Crippen molar-refractivity contribution in [3.63, 3.8) is 0 Å². The first-order valence-corrected chi connectivity index (χ1v) is 5.75. The Hall–Kier alpha value is -0.0100. The lowest BCUT2D eigenvalue weighted by molar-refractivity contribution is 0.162. The average Bonchev–Trinajstić information content (AvgIpc) is 1.83. The van der Waals surface area contributed by atoms with Crippen molar-refractivity contribution in [3.8, 4) is 0 Å². The van der Waals surface area contributed by atoms with E-state index in [0.29, 0.717) is 0 Å². The molecule has 0 aliphatic rings. The molecule has 0 unspecified atom stereocenters. The van der Waals surface area contributed by atoms with Crippen molar-refractivity contribution in [1.82, 2.24) is 6.15 Å². The molecule has 7 N–H and O–H groups in total. The van der Waals surface area contributed by atoms with Crippen LogP contribution in [0.4, 0.5) is 0 Å².